The molecule has 0 spiro atoms. The Kier molecular flexibility index (Phi) is 5.75. The van der Waals surface area contributed by atoms with E-state index in [4.69, 9.17) is 10.8 Å². The number of nitrogen functional groups attached to an aromatic ring is 1. The van der Waals surface area contributed by atoms with E-state index in [0.717, 1.165) is 24.1 Å². The van der Waals surface area contributed by atoms with Gasteiger partial charge in [0.15, 0.2) is 0 Å². The fourth-order valence-corrected chi connectivity index (χ4v) is 3.07. The summed E-state index contributed by atoms with van der Waals surface area (Å²) in [4.78, 5) is 11.0. The van der Waals surface area contributed by atoms with Crippen LogP contribution in [0.25, 0.3) is 0 Å². The molecule has 1 aromatic rings. The summed E-state index contributed by atoms with van der Waals surface area (Å²) in [6.45, 7) is 5.62. The largest absolute Gasteiger partial charge is 0.481 e. The highest BCUT2D eigenvalue weighted by Crippen LogP contribution is 2.37. The fraction of sp³-hybridized carbons (Fsp3) is 0.632. The molecule has 0 aromatic heterocycles. The van der Waals surface area contributed by atoms with Crippen molar-refractivity contribution in [2.75, 3.05) is 11.1 Å². The standard InChI is InChI=1S/C19H30N2O3/c1-4-13(11-18(22)23)14-7-8-16(15(20)10-14)21-17(19(2,3)24)9-12-5-6-12/h7-8,10,12-13,17,21,24H,4-6,9,11,20H2,1-3H3,(H,22,23)/t13?,17-/m1/s1. The van der Waals surface area contributed by atoms with Crippen LogP contribution in [0, 0.1) is 5.92 Å². The predicted molar refractivity (Wildman–Crippen MR) is 97.2 cm³/mol. The first-order chi connectivity index (χ1) is 11.2. The van der Waals surface area contributed by atoms with Gasteiger partial charge in [0.05, 0.1) is 29.4 Å². The Hall–Kier alpha value is -1.75. The third-order valence-electron chi connectivity index (χ3n) is 4.91. The molecule has 1 aliphatic carbocycles. The Balaban J connectivity index is 2.14. The molecular formula is C19H30N2O3. The normalized spacial score (nSPS) is 17.3. The van der Waals surface area contributed by atoms with Gasteiger partial charge in [-0.15, -0.1) is 0 Å². The number of carboxylic acids is 1. The van der Waals surface area contributed by atoms with Crippen LogP contribution in [-0.4, -0.2) is 27.8 Å². The Morgan fingerprint density at radius 3 is 2.54 bits per heavy atom. The zero-order valence-electron chi connectivity index (χ0n) is 14.9. The van der Waals surface area contributed by atoms with E-state index in [-0.39, 0.29) is 18.4 Å². The lowest BCUT2D eigenvalue weighted by Crippen LogP contribution is -2.42. The van der Waals surface area contributed by atoms with Gasteiger partial charge in [-0.2, -0.15) is 0 Å². The van der Waals surface area contributed by atoms with Crippen LogP contribution in [0.1, 0.15) is 64.4 Å². The number of aliphatic carboxylic acids is 1. The van der Waals surface area contributed by atoms with Crippen molar-refractivity contribution < 1.29 is 15.0 Å². The first-order valence-corrected chi connectivity index (χ1v) is 8.80. The number of nitrogens with one attached hydrogen (secondary N) is 1. The number of hydrogen-bond donors (Lipinski definition) is 4. The Labute approximate surface area is 144 Å². The summed E-state index contributed by atoms with van der Waals surface area (Å²) in [6.07, 6.45) is 4.26. The second kappa shape index (κ2) is 7.43. The highest BCUT2D eigenvalue weighted by Gasteiger charge is 2.33. The van der Waals surface area contributed by atoms with E-state index in [1.165, 1.54) is 12.8 Å². The molecule has 24 heavy (non-hydrogen) atoms. The summed E-state index contributed by atoms with van der Waals surface area (Å²) in [7, 11) is 0. The maximum Gasteiger partial charge on any atom is 0.303 e. The monoisotopic (exact) mass is 334 g/mol. The molecular weight excluding hydrogens is 304 g/mol. The van der Waals surface area contributed by atoms with Gasteiger partial charge >= 0.3 is 5.97 Å². The highest BCUT2D eigenvalue weighted by molar-refractivity contribution is 5.70. The average molecular weight is 334 g/mol. The summed E-state index contributed by atoms with van der Waals surface area (Å²) in [5.41, 5.74) is 7.71. The lowest BCUT2D eigenvalue weighted by atomic mass is 9.91. The second-order valence-electron chi connectivity index (χ2n) is 7.58. The van der Waals surface area contributed by atoms with Crippen molar-refractivity contribution in [1.29, 1.82) is 0 Å². The highest BCUT2D eigenvalue weighted by atomic mass is 16.4. The Morgan fingerprint density at radius 2 is 2.08 bits per heavy atom. The molecule has 1 aromatic carbocycles. The van der Waals surface area contributed by atoms with Gasteiger partial charge in [0.1, 0.15) is 0 Å². The first-order valence-electron chi connectivity index (χ1n) is 8.80. The minimum atomic E-state index is -0.830. The van der Waals surface area contributed by atoms with Gasteiger partial charge in [0.2, 0.25) is 0 Å². The quantitative estimate of drug-likeness (QED) is 0.518. The maximum absolute atomic E-state index is 11.0. The fourth-order valence-electron chi connectivity index (χ4n) is 3.07. The summed E-state index contributed by atoms with van der Waals surface area (Å²) in [5, 5.41) is 22.8. The van der Waals surface area contributed by atoms with Crippen molar-refractivity contribution >= 4 is 17.3 Å². The lowest BCUT2D eigenvalue weighted by Gasteiger charge is -2.32. The van der Waals surface area contributed by atoms with E-state index >= 15 is 0 Å². The molecule has 2 atom stereocenters. The van der Waals surface area contributed by atoms with Gasteiger partial charge in [-0.25, -0.2) is 0 Å². The van der Waals surface area contributed by atoms with Crippen molar-refractivity contribution in [3.63, 3.8) is 0 Å². The molecule has 0 saturated heterocycles. The lowest BCUT2D eigenvalue weighted by molar-refractivity contribution is -0.137. The Bertz CT molecular complexity index is 576. The molecule has 0 heterocycles. The van der Waals surface area contributed by atoms with Crippen LogP contribution in [0.2, 0.25) is 0 Å². The summed E-state index contributed by atoms with van der Waals surface area (Å²) in [5.74, 6) is -0.140. The number of hydrogen-bond acceptors (Lipinski definition) is 4. The van der Waals surface area contributed by atoms with Gasteiger partial charge in [-0.1, -0.05) is 25.8 Å². The molecule has 0 radical (unpaired) electrons. The summed E-state index contributed by atoms with van der Waals surface area (Å²) < 4.78 is 0. The van der Waals surface area contributed by atoms with Gasteiger partial charge in [-0.3, -0.25) is 4.79 Å². The number of carboxylic acid groups (broad SMARTS) is 1. The van der Waals surface area contributed by atoms with Crippen molar-refractivity contribution in [1.82, 2.24) is 0 Å². The van der Waals surface area contributed by atoms with Crippen LogP contribution in [0.4, 0.5) is 11.4 Å². The van der Waals surface area contributed by atoms with Gasteiger partial charge < -0.3 is 21.3 Å². The van der Waals surface area contributed by atoms with Crippen LogP contribution in [0.15, 0.2) is 18.2 Å². The topological polar surface area (TPSA) is 95.6 Å². The summed E-state index contributed by atoms with van der Waals surface area (Å²) >= 11 is 0. The maximum atomic E-state index is 11.0. The number of nitrogens with two attached hydrogens (primary N) is 1. The van der Waals surface area contributed by atoms with E-state index < -0.39 is 11.6 Å². The van der Waals surface area contributed by atoms with Crippen LogP contribution in [0.3, 0.4) is 0 Å². The van der Waals surface area contributed by atoms with Crippen LogP contribution >= 0.6 is 0 Å². The number of benzene rings is 1. The molecule has 1 unspecified atom stereocenters. The molecule has 1 saturated carbocycles. The van der Waals surface area contributed by atoms with Crippen LogP contribution < -0.4 is 11.1 Å². The smallest absolute Gasteiger partial charge is 0.303 e. The van der Waals surface area contributed by atoms with Crippen molar-refractivity contribution in [2.45, 2.75) is 70.4 Å². The van der Waals surface area contributed by atoms with Crippen LogP contribution in [-0.2, 0) is 4.79 Å². The molecule has 2 rings (SSSR count). The van der Waals surface area contributed by atoms with E-state index in [1.54, 1.807) is 0 Å². The summed E-state index contributed by atoms with van der Waals surface area (Å²) in [6, 6.07) is 5.65. The number of carbonyl (C=O) groups is 1. The molecule has 1 aliphatic rings. The van der Waals surface area contributed by atoms with Gasteiger partial charge in [-0.05, 0) is 56.2 Å². The van der Waals surface area contributed by atoms with Crippen molar-refractivity contribution in [3.05, 3.63) is 23.8 Å². The second-order valence-corrected chi connectivity index (χ2v) is 7.58. The molecule has 0 bridgehead atoms. The number of aliphatic hydroxyl groups is 1. The zero-order valence-corrected chi connectivity index (χ0v) is 14.9. The minimum Gasteiger partial charge on any atom is -0.481 e. The van der Waals surface area contributed by atoms with E-state index in [1.807, 2.05) is 39.0 Å². The molecule has 5 N–H and O–H groups in total. The predicted octanol–water partition coefficient (Wildman–Crippen LogP) is 3.59. The van der Waals surface area contributed by atoms with Crippen molar-refractivity contribution in [3.8, 4) is 0 Å². The number of anilines is 2. The molecule has 5 heteroatoms. The number of rotatable bonds is 9. The molecule has 5 nitrogen and oxygen atoms in total. The first kappa shape index (κ1) is 18.6. The third kappa shape index (κ3) is 5.13. The van der Waals surface area contributed by atoms with Crippen molar-refractivity contribution in [2.24, 2.45) is 5.92 Å². The van der Waals surface area contributed by atoms with Gasteiger partial charge in [0, 0.05) is 0 Å². The van der Waals surface area contributed by atoms with E-state index in [2.05, 4.69) is 5.32 Å². The molecule has 134 valence electrons. The third-order valence-corrected chi connectivity index (χ3v) is 4.91. The minimum absolute atomic E-state index is 0.0320. The SMILES string of the molecule is CCC(CC(=O)O)c1ccc(N[C@H](CC2CC2)C(C)(C)O)c(N)c1. The molecule has 1 fully saturated rings. The molecule has 0 aliphatic heterocycles. The Morgan fingerprint density at radius 1 is 1.42 bits per heavy atom. The average Bonchev–Trinajstić information content (AvgIpc) is 3.28. The molecule has 0 amide bonds. The van der Waals surface area contributed by atoms with E-state index in [9.17, 15) is 9.90 Å². The van der Waals surface area contributed by atoms with Crippen LogP contribution in [0.5, 0.6) is 0 Å². The van der Waals surface area contributed by atoms with E-state index in [0.29, 0.717) is 11.6 Å². The van der Waals surface area contributed by atoms with Gasteiger partial charge in [0.25, 0.3) is 0 Å². The zero-order chi connectivity index (χ0) is 17.9.